The van der Waals surface area contributed by atoms with E-state index in [0.29, 0.717) is 16.7 Å². The van der Waals surface area contributed by atoms with E-state index >= 15 is 0 Å². The number of piperidine rings is 2. The summed E-state index contributed by atoms with van der Waals surface area (Å²) in [7, 11) is 0. The molecule has 11 heteroatoms. The first-order valence-corrected chi connectivity index (χ1v) is 13.9. The molecule has 0 radical (unpaired) electrons. The molecule has 2 aromatic rings. The lowest BCUT2D eigenvalue weighted by atomic mass is 9.71. The molecule has 224 valence electrons. The number of likely N-dealkylation sites (tertiary alicyclic amines) is 2. The van der Waals surface area contributed by atoms with Crippen LogP contribution in [0.3, 0.4) is 0 Å². The van der Waals surface area contributed by atoms with Crippen LogP contribution in [0.2, 0.25) is 0 Å². The number of nitrogen functional groups attached to an aromatic ring is 1. The van der Waals surface area contributed by atoms with Crippen LogP contribution in [0.4, 0.5) is 18.9 Å². The number of carbonyl (C=O) groups excluding carboxylic acids is 1. The minimum absolute atomic E-state index is 0.00334. The average molecular weight is 577 g/mol. The number of pyridine rings is 1. The second kappa shape index (κ2) is 11.2. The summed E-state index contributed by atoms with van der Waals surface area (Å²) in [4.78, 5) is 30.4. The van der Waals surface area contributed by atoms with Gasteiger partial charge in [-0.15, -0.1) is 0 Å². The SMILES string of the molecule is CC1(C)Oc2c(CN3CCC4(CC3)CCN(C(=O)c3ccncc3N)CC4)cccc2C1(C)C.O=C(O)C(F)(F)F. The van der Waals surface area contributed by atoms with E-state index in [2.05, 4.69) is 55.8 Å². The third-order valence-corrected chi connectivity index (χ3v) is 9.38. The van der Waals surface area contributed by atoms with Gasteiger partial charge in [-0.3, -0.25) is 14.7 Å². The van der Waals surface area contributed by atoms with E-state index in [1.165, 1.54) is 24.0 Å². The fourth-order valence-electron chi connectivity index (χ4n) is 5.91. The Labute approximate surface area is 238 Å². The zero-order valence-electron chi connectivity index (χ0n) is 24.1. The number of aliphatic carboxylic acids is 1. The summed E-state index contributed by atoms with van der Waals surface area (Å²) in [5, 5.41) is 7.12. The molecule has 3 aliphatic heterocycles. The van der Waals surface area contributed by atoms with Gasteiger partial charge in [0.25, 0.3) is 5.91 Å². The van der Waals surface area contributed by atoms with Crippen molar-refractivity contribution in [2.75, 3.05) is 31.9 Å². The molecule has 0 aliphatic carbocycles. The van der Waals surface area contributed by atoms with Gasteiger partial charge in [-0.2, -0.15) is 13.2 Å². The lowest BCUT2D eigenvalue weighted by molar-refractivity contribution is -0.192. The largest absolute Gasteiger partial charge is 0.490 e. The van der Waals surface area contributed by atoms with Crippen LogP contribution >= 0.6 is 0 Å². The van der Waals surface area contributed by atoms with E-state index in [1.54, 1.807) is 18.5 Å². The average Bonchev–Trinajstić information content (AvgIpc) is 3.10. The first kappa shape index (κ1) is 30.6. The molecule has 5 rings (SSSR count). The molecule has 0 unspecified atom stereocenters. The third kappa shape index (κ3) is 6.29. The van der Waals surface area contributed by atoms with Gasteiger partial charge in [-0.25, -0.2) is 4.79 Å². The van der Waals surface area contributed by atoms with E-state index in [-0.39, 0.29) is 16.9 Å². The molecule has 2 saturated heterocycles. The lowest BCUT2D eigenvalue weighted by Crippen LogP contribution is -2.48. The highest BCUT2D eigenvalue weighted by Gasteiger charge is 2.49. The van der Waals surface area contributed by atoms with Crippen LogP contribution in [0.5, 0.6) is 5.75 Å². The number of hydrogen-bond acceptors (Lipinski definition) is 6. The summed E-state index contributed by atoms with van der Waals surface area (Å²) in [5.74, 6) is -1.62. The first-order chi connectivity index (χ1) is 19.1. The van der Waals surface area contributed by atoms with Gasteiger partial charge in [-0.05, 0) is 64.1 Å². The molecule has 1 aromatic carbocycles. The van der Waals surface area contributed by atoms with Crippen LogP contribution in [-0.4, -0.2) is 69.7 Å². The number of nitrogens with zero attached hydrogens (tertiary/aromatic N) is 3. The number of anilines is 1. The molecule has 0 atom stereocenters. The highest BCUT2D eigenvalue weighted by molar-refractivity contribution is 5.98. The fourth-order valence-corrected chi connectivity index (χ4v) is 5.91. The molecule has 0 bridgehead atoms. The van der Waals surface area contributed by atoms with Crippen molar-refractivity contribution in [3.8, 4) is 5.75 Å². The second-order valence-corrected chi connectivity index (χ2v) is 12.4. The third-order valence-electron chi connectivity index (χ3n) is 9.38. The molecular formula is C30H39F3N4O4. The number of rotatable bonds is 3. The van der Waals surface area contributed by atoms with Crippen molar-refractivity contribution in [1.29, 1.82) is 0 Å². The van der Waals surface area contributed by atoms with Gasteiger partial charge in [0.15, 0.2) is 0 Å². The number of carbonyl (C=O) groups is 2. The van der Waals surface area contributed by atoms with Crippen LogP contribution in [0.25, 0.3) is 0 Å². The molecule has 1 aromatic heterocycles. The number of carboxylic acid groups (broad SMARTS) is 1. The minimum atomic E-state index is -5.08. The van der Waals surface area contributed by atoms with Crippen molar-refractivity contribution in [1.82, 2.24) is 14.8 Å². The topological polar surface area (TPSA) is 109 Å². The number of hydrogen-bond donors (Lipinski definition) is 2. The van der Waals surface area contributed by atoms with Crippen LogP contribution in [0.1, 0.15) is 74.9 Å². The van der Waals surface area contributed by atoms with E-state index < -0.39 is 12.1 Å². The van der Waals surface area contributed by atoms with Crippen LogP contribution in [-0.2, 0) is 16.8 Å². The maximum absolute atomic E-state index is 12.9. The number of aromatic nitrogens is 1. The number of para-hydroxylation sites is 1. The second-order valence-electron chi connectivity index (χ2n) is 12.4. The van der Waals surface area contributed by atoms with Gasteiger partial charge in [-0.1, -0.05) is 32.0 Å². The molecule has 4 heterocycles. The normalized spacial score (nSPS) is 20.9. The van der Waals surface area contributed by atoms with E-state index in [4.69, 9.17) is 20.4 Å². The molecule has 41 heavy (non-hydrogen) atoms. The monoisotopic (exact) mass is 576 g/mol. The van der Waals surface area contributed by atoms with Crippen LogP contribution < -0.4 is 10.5 Å². The molecule has 3 aliphatic rings. The Morgan fingerprint density at radius 1 is 1.02 bits per heavy atom. The standard InChI is InChI=1S/C28H38N4O2.C2HF3O2/c1-26(2)22-7-5-6-20(24(22)34-27(26,3)4)19-31-14-9-28(10-15-31)11-16-32(17-12-28)25(33)21-8-13-30-18-23(21)29;3-2(4,5)1(6)7/h5-8,13,18H,9-12,14-17,19,29H2,1-4H3;(H,6,7). The maximum atomic E-state index is 12.9. The van der Waals surface area contributed by atoms with Gasteiger partial charge in [0.1, 0.15) is 11.4 Å². The Morgan fingerprint density at radius 3 is 2.17 bits per heavy atom. The molecule has 1 amide bonds. The van der Waals surface area contributed by atoms with E-state index in [0.717, 1.165) is 51.3 Å². The van der Waals surface area contributed by atoms with Gasteiger partial charge in [0.05, 0.1) is 17.4 Å². The number of alkyl halides is 3. The maximum Gasteiger partial charge on any atom is 0.490 e. The van der Waals surface area contributed by atoms with Crippen molar-refractivity contribution in [3.05, 3.63) is 53.3 Å². The van der Waals surface area contributed by atoms with E-state index in [9.17, 15) is 18.0 Å². The number of amides is 1. The molecular weight excluding hydrogens is 537 g/mol. The zero-order chi connectivity index (χ0) is 30.2. The van der Waals surface area contributed by atoms with Crippen molar-refractivity contribution in [2.45, 2.75) is 77.1 Å². The summed E-state index contributed by atoms with van der Waals surface area (Å²) in [6.07, 6.45) is 2.65. The summed E-state index contributed by atoms with van der Waals surface area (Å²) in [5.41, 5.74) is 9.80. The van der Waals surface area contributed by atoms with Gasteiger partial charge in [0.2, 0.25) is 0 Å². The summed E-state index contributed by atoms with van der Waals surface area (Å²) < 4.78 is 38.2. The van der Waals surface area contributed by atoms with Crippen LogP contribution in [0, 0.1) is 5.41 Å². The number of benzene rings is 1. The molecule has 2 fully saturated rings. The van der Waals surface area contributed by atoms with Gasteiger partial charge in [0, 0.05) is 42.4 Å². The molecule has 1 spiro atoms. The molecule has 3 N–H and O–H groups in total. The van der Waals surface area contributed by atoms with Crippen LogP contribution in [0.15, 0.2) is 36.7 Å². The summed E-state index contributed by atoms with van der Waals surface area (Å²) in [6.45, 7) is 13.7. The summed E-state index contributed by atoms with van der Waals surface area (Å²) in [6, 6.07) is 8.38. The summed E-state index contributed by atoms with van der Waals surface area (Å²) >= 11 is 0. The number of halogens is 3. The highest BCUT2D eigenvalue weighted by Crippen LogP contribution is 2.50. The van der Waals surface area contributed by atoms with Crippen molar-refractivity contribution in [2.24, 2.45) is 5.41 Å². The number of fused-ring (bicyclic) bond motifs is 1. The van der Waals surface area contributed by atoms with Crippen molar-refractivity contribution in [3.63, 3.8) is 0 Å². The van der Waals surface area contributed by atoms with Crippen molar-refractivity contribution >= 4 is 17.6 Å². The number of nitrogens with two attached hydrogens (primary N) is 1. The minimum Gasteiger partial charge on any atom is -0.486 e. The smallest absolute Gasteiger partial charge is 0.486 e. The Hall–Kier alpha value is -3.34. The number of ether oxygens (including phenoxy) is 1. The lowest BCUT2D eigenvalue weighted by Gasteiger charge is -2.47. The van der Waals surface area contributed by atoms with Gasteiger partial charge >= 0.3 is 12.1 Å². The Balaban J connectivity index is 0.000000493. The molecule has 0 saturated carbocycles. The zero-order valence-corrected chi connectivity index (χ0v) is 24.1. The van der Waals surface area contributed by atoms with E-state index in [1.807, 2.05) is 4.90 Å². The quantitative estimate of drug-likeness (QED) is 0.513. The highest BCUT2D eigenvalue weighted by atomic mass is 19.4. The fraction of sp³-hybridized carbons (Fsp3) is 0.567. The Bertz CT molecular complexity index is 1280. The molecule has 8 nitrogen and oxygen atoms in total. The Kier molecular flexibility index (Phi) is 8.33. The first-order valence-electron chi connectivity index (χ1n) is 13.9. The van der Waals surface area contributed by atoms with Gasteiger partial charge < -0.3 is 20.5 Å². The number of carboxylic acids is 1. The Morgan fingerprint density at radius 2 is 1.61 bits per heavy atom. The van der Waals surface area contributed by atoms with Crippen molar-refractivity contribution < 1.29 is 32.6 Å². The predicted octanol–water partition coefficient (Wildman–Crippen LogP) is 5.26. The predicted molar refractivity (Wildman–Crippen MR) is 149 cm³/mol.